The second-order valence-electron chi connectivity index (χ2n) is 4.34. The van der Waals surface area contributed by atoms with Gasteiger partial charge in [-0.3, -0.25) is 0 Å². The number of nitrogens with zero attached hydrogens (tertiary/aromatic N) is 1. The summed E-state index contributed by atoms with van der Waals surface area (Å²) in [5.74, 6) is -0.504. The van der Waals surface area contributed by atoms with Gasteiger partial charge >= 0.3 is 0 Å². The molecule has 0 radical (unpaired) electrons. The van der Waals surface area contributed by atoms with Gasteiger partial charge in [0.25, 0.3) is 0 Å². The molecule has 0 aliphatic rings. The largest absolute Gasteiger partial charge is 0.378 e. The first kappa shape index (κ1) is 15.0. The van der Waals surface area contributed by atoms with Crippen LogP contribution < -0.4 is 5.32 Å². The zero-order valence-electron chi connectivity index (χ0n) is 10.6. The van der Waals surface area contributed by atoms with E-state index in [0.29, 0.717) is 5.69 Å². The Labute approximate surface area is 133 Å². The van der Waals surface area contributed by atoms with Crippen molar-refractivity contribution < 1.29 is 4.39 Å². The fraction of sp³-hybridized carbons (Fsp3) is 0.133. The second-order valence-corrected chi connectivity index (χ2v) is 6.11. The maximum absolute atomic E-state index is 13.3. The third-order valence-electron chi connectivity index (χ3n) is 2.90. The van der Waals surface area contributed by atoms with E-state index >= 15 is 0 Å². The summed E-state index contributed by atoms with van der Waals surface area (Å²) in [6.45, 7) is 2.00. The molecule has 0 aliphatic heterocycles. The van der Waals surface area contributed by atoms with Crippen molar-refractivity contribution in [3.63, 3.8) is 0 Å². The zero-order valence-corrected chi connectivity index (χ0v) is 13.8. The predicted octanol–water partition coefficient (Wildman–Crippen LogP) is 5.40. The molecular weight excluding hydrogens is 387 g/mol. The molecule has 0 heterocycles. The van der Waals surface area contributed by atoms with Crippen LogP contribution in [0.4, 0.5) is 10.1 Å². The van der Waals surface area contributed by atoms with Crippen molar-refractivity contribution in [3.05, 3.63) is 62.3 Å². The average molecular weight is 398 g/mol. The number of halogens is 3. The molecule has 2 aromatic carbocycles. The Morgan fingerprint density at radius 1 is 1.20 bits per heavy atom. The Morgan fingerprint density at radius 2 is 1.95 bits per heavy atom. The van der Waals surface area contributed by atoms with Crippen LogP contribution in [0.3, 0.4) is 0 Å². The topological polar surface area (TPSA) is 35.8 Å². The minimum Gasteiger partial charge on any atom is -0.378 e. The number of hydrogen-bond donors (Lipinski definition) is 1. The Kier molecular flexibility index (Phi) is 4.79. The van der Waals surface area contributed by atoms with E-state index in [1.54, 1.807) is 6.07 Å². The second kappa shape index (κ2) is 6.38. The molecule has 102 valence electrons. The van der Waals surface area contributed by atoms with Crippen LogP contribution in [-0.4, -0.2) is 0 Å². The van der Waals surface area contributed by atoms with Crippen molar-refractivity contribution in [2.45, 2.75) is 13.0 Å². The fourth-order valence-corrected chi connectivity index (χ4v) is 3.27. The highest BCUT2D eigenvalue weighted by molar-refractivity contribution is 9.11. The molecule has 0 saturated heterocycles. The van der Waals surface area contributed by atoms with E-state index in [4.69, 9.17) is 5.26 Å². The normalized spacial score (nSPS) is 11.8. The Morgan fingerprint density at radius 3 is 2.60 bits per heavy atom. The van der Waals surface area contributed by atoms with Crippen molar-refractivity contribution >= 4 is 37.5 Å². The van der Waals surface area contributed by atoms with Crippen molar-refractivity contribution in [2.75, 3.05) is 5.32 Å². The van der Waals surface area contributed by atoms with E-state index in [-0.39, 0.29) is 11.6 Å². The van der Waals surface area contributed by atoms with E-state index in [0.717, 1.165) is 14.5 Å². The van der Waals surface area contributed by atoms with Crippen LogP contribution in [0.2, 0.25) is 0 Å². The number of rotatable bonds is 3. The molecule has 20 heavy (non-hydrogen) atoms. The van der Waals surface area contributed by atoms with E-state index in [1.165, 1.54) is 12.1 Å². The summed E-state index contributed by atoms with van der Waals surface area (Å²) in [5, 5.41) is 12.1. The fourth-order valence-electron chi connectivity index (χ4n) is 1.88. The molecule has 0 aliphatic carbocycles. The summed E-state index contributed by atoms with van der Waals surface area (Å²) in [6, 6.07) is 12.2. The molecule has 0 spiro atoms. The number of nitriles is 1. The summed E-state index contributed by atoms with van der Waals surface area (Å²) in [4.78, 5) is 0. The van der Waals surface area contributed by atoms with E-state index < -0.39 is 5.82 Å². The lowest BCUT2D eigenvalue weighted by atomic mass is 10.1. The lowest BCUT2D eigenvalue weighted by Crippen LogP contribution is -2.07. The summed E-state index contributed by atoms with van der Waals surface area (Å²) in [5.41, 5.74) is 1.83. The lowest BCUT2D eigenvalue weighted by Gasteiger charge is -2.17. The number of anilines is 1. The molecule has 1 N–H and O–H groups in total. The monoisotopic (exact) mass is 396 g/mol. The van der Waals surface area contributed by atoms with Crippen LogP contribution in [0.5, 0.6) is 0 Å². The van der Waals surface area contributed by atoms with Crippen molar-refractivity contribution in [1.29, 1.82) is 5.26 Å². The van der Waals surface area contributed by atoms with Crippen molar-refractivity contribution in [3.8, 4) is 6.07 Å². The molecule has 2 nitrogen and oxygen atoms in total. The smallest absolute Gasteiger partial charge is 0.141 e. The highest BCUT2D eigenvalue weighted by Crippen LogP contribution is 2.29. The van der Waals surface area contributed by atoms with E-state index in [9.17, 15) is 4.39 Å². The minimum absolute atomic E-state index is 0.0227. The van der Waals surface area contributed by atoms with Gasteiger partial charge in [-0.15, -0.1) is 0 Å². The van der Waals surface area contributed by atoms with Gasteiger partial charge in [-0.25, -0.2) is 4.39 Å². The molecule has 5 heteroatoms. The van der Waals surface area contributed by atoms with Gasteiger partial charge < -0.3 is 5.32 Å². The number of benzene rings is 2. The first-order valence-corrected chi connectivity index (χ1v) is 7.51. The van der Waals surface area contributed by atoms with Crippen molar-refractivity contribution in [1.82, 2.24) is 0 Å². The molecule has 0 aromatic heterocycles. The van der Waals surface area contributed by atoms with Gasteiger partial charge in [0.1, 0.15) is 11.9 Å². The van der Waals surface area contributed by atoms with Crippen LogP contribution in [0.1, 0.15) is 24.1 Å². The van der Waals surface area contributed by atoms with Gasteiger partial charge in [-0.05, 0) is 42.8 Å². The molecule has 2 aromatic rings. The van der Waals surface area contributed by atoms with E-state index in [2.05, 4.69) is 37.2 Å². The summed E-state index contributed by atoms with van der Waals surface area (Å²) < 4.78 is 15.3. The van der Waals surface area contributed by atoms with Crippen molar-refractivity contribution in [2.24, 2.45) is 0 Å². The maximum atomic E-state index is 13.3. The molecule has 1 atom stereocenters. The standard InChI is InChI=1S/C15H11Br2FN2/c1-9(13-4-2-11(16)7-14(13)17)20-12-3-5-15(18)10(6-12)8-19/h2-7,9,20H,1H3. The molecule has 0 amide bonds. The predicted molar refractivity (Wildman–Crippen MR) is 85.0 cm³/mol. The first-order chi connectivity index (χ1) is 9.51. The maximum Gasteiger partial charge on any atom is 0.141 e. The van der Waals surface area contributed by atoms with Crippen LogP contribution in [0.25, 0.3) is 0 Å². The Bertz CT molecular complexity index is 680. The molecule has 0 saturated carbocycles. The molecule has 0 bridgehead atoms. The lowest BCUT2D eigenvalue weighted by molar-refractivity contribution is 0.624. The third kappa shape index (κ3) is 3.38. The summed E-state index contributed by atoms with van der Waals surface area (Å²) >= 11 is 6.93. The first-order valence-electron chi connectivity index (χ1n) is 5.92. The van der Waals surface area contributed by atoms with Gasteiger partial charge in [-0.1, -0.05) is 37.9 Å². The van der Waals surface area contributed by atoms with Gasteiger partial charge in [0.15, 0.2) is 0 Å². The Hall–Kier alpha value is -1.38. The molecule has 2 rings (SSSR count). The summed E-state index contributed by atoms with van der Waals surface area (Å²) in [7, 11) is 0. The van der Waals surface area contributed by atoms with Crippen LogP contribution in [-0.2, 0) is 0 Å². The highest BCUT2D eigenvalue weighted by atomic mass is 79.9. The number of hydrogen-bond acceptors (Lipinski definition) is 2. The van der Waals surface area contributed by atoms with Gasteiger partial charge in [0.2, 0.25) is 0 Å². The molecule has 0 fully saturated rings. The summed E-state index contributed by atoms with van der Waals surface area (Å²) in [6.07, 6.45) is 0. The highest BCUT2D eigenvalue weighted by Gasteiger charge is 2.11. The zero-order chi connectivity index (χ0) is 14.7. The number of nitrogens with one attached hydrogen (secondary N) is 1. The Balaban J connectivity index is 2.23. The molecular formula is C15H11Br2FN2. The van der Waals surface area contributed by atoms with Crippen LogP contribution in [0.15, 0.2) is 45.3 Å². The van der Waals surface area contributed by atoms with Crippen LogP contribution >= 0.6 is 31.9 Å². The van der Waals surface area contributed by atoms with E-state index in [1.807, 2.05) is 31.2 Å². The third-order valence-corrected chi connectivity index (χ3v) is 4.08. The quantitative estimate of drug-likeness (QED) is 0.752. The SMILES string of the molecule is CC(Nc1ccc(F)c(C#N)c1)c1ccc(Br)cc1Br. The van der Waals surface area contributed by atoms with Gasteiger partial charge in [-0.2, -0.15) is 5.26 Å². The molecule has 1 unspecified atom stereocenters. The van der Waals surface area contributed by atoms with Crippen LogP contribution in [0, 0.1) is 17.1 Å². The minimum atomic E-state index is -0.504. The average Bonchev–Trinajstić information content (AvgIpc) is 2.40. The van der Waals surface area contributed by atoms with Gasteiger partial charge in [0, 0.05) is 20.7 Å². The van der Waals surface area contributed by atoms with Gasteiger partial charge in [0.05, 0.1) is 5.56 Å².